The van der Waals surface area contributed by atoms with Gasteiger partial charge in [0.1, 0.15) is 0 Å². The van der Waals surface area contributed by atoms with Crippen LogP contribution in [0.5, 0.6) is 0 Å². The molecule has 1 fully saturated rings. The van der Waals surface area contributed by atoms with Crippen molar-refractivity contribution in [2.75, 3.05) is 18.4 Å². The molecule has 96 valence electrons. The summed E-state index contributed by atoms with van der Waals surface area (Å²) in [6, 6.07) is 8.72. The summed E-state index contributed by atoms with van der Waals surface area (Å²) in [5, 5.41) is 3.04. The molecule has 18 heavy (non-hydrogen) atoms. The summed E-state index contributed by atoms with van der Waals surface area (Å²) in [4.78, 5) is 14.8. The minimum atomic E-state index is -0.262. The molecule has 3 heteroatoms. The zero-order valence-corrected chi connectivity index (χ0v) is 11.1. The Morgan fingerprint density at radius 3 is 2.56 bits per heavy atom. The van der Waals surface area contributed by atoms with Crippen molar-refractivity contribution in [3.63, 3.8) is 0 Å². The summed E-state index contributed by atoms with van der Waals surface area (Å²) < 4.78 is 0. The van der Waals surface area contributed by atoms with Crippen molar-refractivity contribution in [3.8, 4) is 0 Å². The summed E-state index contributed by atoms with van der Waals surface area (Å²) in [7, 11) is 0. The van der Waals surface area contributed by atoms with E-state index in [9.17, 15) is 4.79 Å². The fourth-order valence-electron chi connectivity index (χ4n) is 3.29. The Hall–Kier alpha value is -1.35. The van der Waals surface area contributed by atoms with E-state index >= 15 is 0 Å². The molecule has 2 heterocycles. The van der Waals surface area contributed by atoms with Crippen LogP contribution in [-0.4, -0.2) is 29.9 Å². The molecule has 0 aromatic heterocycles. The number of piperidine rings is 1. The van der Waals surface area contributed by atoms with Gasteiger partial charge in [-0.3, -0.25) is 4.79 Å². The zero-order chi connectivity index (χ0) is 12.8. The van der Waals surface area contributed by atoms with Crippen molar-refractivity contribution in [2.24, 2.45) is 0 Å². The summed E-state index contributed by atoms with van der Waals surface area (Å²) >= 11 is 0. The van der Waals surface area contributed by atoms with Crippen LogP contribution in [0.4, 0.5) is 5.69 Å². The van der Waals surface area contributed by atoms with Crippen molar-refractivity contribution >= 4 is 11.6 Å². The Morgan fingerprint density at radius 1 is 1.22 bits per heavy atom. The molecule has 1 aromatic carbocycles. The monoisotopic (exact) mass is 244 g/mol. The second-order valence-corrected chi connectivity index (χ2v) is 5.71. The number of rotatable bonds is 1. The van der Waals surface area contributed by atoms with Gasteiger partial charge in [0.15, 0.2) is 0 Å². The van der Waals surface area contributed by atoms with Crippen LogP contribution in [-0.2, 0) is 10.2 Å². The summed E-state index contributed by atoms with van der Waals surface area (Å²) in [6.45, 7) is 6.47. The maximum absolute atomic E-state index is 12.4. The third-order valence-corrected chi connectivity index (χ3v) is 4.51. The second kappa shape index (κ2) is 4.09. The molecule has 1 spiro atoms. The molecule has 1 aromatic rings. The summed E-state index contributed by atoms with van der Waals surface area (Å²) in [5.74, 6) is 0.201. The first kappa shape index (κ1) is 11.7. The molecule has 0 atom stereocenters. The fraction of sp³-hybridized carbons (Fsp3) is 0.533. The smallest absolute Gasteiger partial charge is 0.235 e. The van der Waals surface area contributed by atoms with Crippen LogP contribution in [0.2, 0.25) is 0 Å². The molecule has 3 rings (SSSR count). The number of hydrogen-bond acceptors (Lipinski definition) is 2. The van der Waals surface area contributed by atoms with E-state index in [1.165, 1.54) is 5.56 Å². The zero-order valence-electron chi connectivity index (χ0n) is 11.1. The molecule has 3 nitrogen and oxygen atoms in total. The molecule has 0 bridgehead atoms. The van der Waals surface area contributed by atoms with Crippen LogP contribution in [0.25, 0.3) is 0 Å². The third kappa shape index (κ3) is 1.57. The molecule has 0 aliphatic carbocycles. The normalized spacial score (nSPS) is 22.3. The number of hydrogen-bond donors (Lipinski definition) is 1. The van der Waals surface area contributed by atoms with Gasteiger partial charge in [-0.2, -0.15) is 0 Å². The van der Waals surface area contributed by atoms with Gasteiger partial charge in [0.25, 0.3) is 0 Å². The van der Waals surface area contributed by atoms with Gasteiger partial charge in [-0.1, -0.05) is 18.2 Å². The first-order valence-electron chi connectivity index (χ1n) is 6.78. The largest absolute Gasteiger partial charge is 0.325 e. The molecule has 0 radical (unpaired) electrons. The minimum Gasteiger partial charge on any atom is -0.325 e. The van der Waals surface area contributed by atoms with E-state index in [1.54, 1.807) is 0 Å². The standard InChI is InChI=1S/C15H20N2O/c1-11(2)17-9-7-15(8-10-17)12-5-3-4-6-13(12)16-14(15)18/h3-6,11H,7-10H2,1-2H3,(H,16,18). The van der Waals surface area contributed by atoms with Crippen LogP contribution in [0.15, 0.2) is 24.3 Å². The molecule has 1 saturated heterocycles. The number of amides is 1. The van der Waals surface area contributed by atoms with E-state index in [0.29, 0.717) is 6.04 Å². The lowest BCUT2D eigenvalue weighted by atomic mass is 9.73. The highest BCUT2D eigenvalue weighted by Gasteiger charge is 2.48. The molecule has 0 saturated carbocycles. The van der Waals surface area contributed by atoms with E-state index in [2.05, 4.69) is 30.1 Å². The van der Waals surface area contributed by atoms with E-state index in [-0.39, 0.29) is 11.3 Å². The number of benzene rings is 1. The number of anilines is 1. The Bertz CT molecular complexity index is 473. The van der Waals surface area contributed by atoms with Gasteiger partial charge in [0.2, 0.25) is 5.91 Å². The molecule has 2 aliphatic rings. The maximum Gasteiger partial charge on any atom is 0.235 e. The van der Waals surface area contributed by atoms with Crippen molar-refractivity contribution in [1.29, 1.82) is 0 Å². The summed E-state index contributed by atoms with van der Waals surface area (Å²) in [6.07, 6.45) is 1.88. The fourth-order valence-corrected chi connectivity index (χ4v) is 3.29. The van der Waals surface area contributed by atoms with Gasteiger partial charge in [0.05, 0.1) is 5.41 Å². The van der Waals surface area contributed by atoms with Gasteiger partial charge in [-0.25, -0.2) is 0 Å². The van der Waals surface area contributed by atoms with Crippen molar-refractivity contribution in [2.45, 2.75) is 38.1 Å². The number of carbonyl (C=O) groups is 1. The second-order valence-electron chi connectivity index (χ2n) is 5.71. The van der Waals surface area contributed by atoms with Crippen LogP contribution in [0, 0.1) is 0 Å². The van der Waals surface area contributed by atoms with E-state index in [1.807, 2.05) is 18.2 Å². The minimum absolute atomic E-state index is 0.201. The number of carbonyl (C=O) groups excluding carboxylic acids is 1. The third-order valence-electron chi connectivity index (χ3n) is 4.51. The number of fused-ring (bicyclic) bond motifs is 2. The van der Waals surface area contributed by atoms with Gasteiger partial charge in [0, 0.05) is 11.7 Å². The topological polar surface area (TPSA) is 32.3 Å². The highest BCUT2D eigenvalue weighted by Crippen LogP contribution is 2.44. The van der Waals surface area contributed by atoms with Gasteiger partial charge >= 0.3 is 0 Å². The Labute approximate surface area is 108 Å². The number of nitrogens with zero attached hydrogens (tertiary/aromatic N) is 1. The highest BCUT2D eigenvalue weighted by molar-refractivity contribution is 6.06. The Kier molecular flexibility index (Phi) is 2.67. The molecule has 1 amide bonds. The molecular formula is C15H20N2O. The average Bonchev–Trinajstić information content (AvgIpc) is 2.64. The average molecular weight is 244 g/mol. The SMILES string of the molecule is CC(C)N1CCC2(CC1)C(=O)Nc1ccccc12. The van der Waals surface area contributed by atoms with Crippen molar-refractivity contribution in [1.82, 2.24) is 4.90 Å². The molecular weight excluding hydrogens is 224 g/mol. The van der Waals surface area contributed by atoms with Gasteiger partial charge in [-0.05, 0) is 51.4 Å². The van der Waals surface area contributed by atoms with Crippen LogP contribution in [0.1, 0.15) is 32.3 Å². The first-order valence-corrected chi connectivity index (χ1v) is 6.78. The van der Waals surface area contributed by atoms with Crippen molar-refractivity contribution < 1.29 is 4.79 Å². The molecule has 2 aliphatic heterocycles. The highest BCUT2D eigenvalue weighted by atomic mass is 16.2. The number of likely N-dealkylation sites (tertiary alicyclic amines) is 1. The van der Waals surface area contributed by atoms with Crippen LogP contribution in [0.3, 0.4) is 0 Å². The van der Waals surface area contributed by atoms with E-state index in [4.69, 9.17) is 0 Å². The lowest BCUT2D eigenvalue weighted by Crippen LogP contribution is -2.48. The Balaban J connectivity index is 1.91. The van der Waals surface area contributed by atoms with Crippen molar-refractivity contribution in [3.05, 3.63) is 29.8 Å². The van der Waals surface area contributed by atoms with Gasteiger partial charge in [-0.15, -0.1) is 0 Å². The molecule has 0 unspecified atom stereocenters. The predicted octanol–water partition coefficient (Wildman–Crippen LogP) is 2.38. The lowest BCUT2D eigenvalue weighted by molar-refractivity contribution is -0.122. The van der Waals surface area contributed by atoms with E-state index < -0.39 is 0 Å². The Morgan fingerprint density at radius 2 is 1.89 bits per heavy atom. The molecule has 1 N–H and O–H groups in total. The quantitative estimate of drug-likeness (QED) is 0.822. The first-order chi connectivity index (χ1) is 8.63. The predicted molar refractivity (Wildman–Crippen MR) is 72.7 cm³/mol. The summed E-state index contributed by atoms with van der Waals surface area (Å²) in [5.41, 5.74) is 1.96. The number of nitrogens with one attached hydrogen (secondary N) is 1. The van der Waals surface area contributed by atoms with Crippen LogP contribution < -0.4 is 5.32 Å². The van der Waals surface area contributed by atoms with Crippen LogP contribution >= 0.6 is 0 Å². The maximum atomic E-state index is 12.4. The number of para-hydroxylation sites is 1. The van der Waals surface area contributed by atoms with Gasteiger partial charge < -0.3 is 10.2 Å². The van der Waals surface area contributed by atoms with E-state index in [0.717, 1.165) is 31.6 Å². The lowest BCUT2D eigenvalue weighted by Gasteiger charge is -2.39.